The molecule has 0 aliphatic carbocycles. The highest BCUT2D eigenvalue weighted by atomic mass is 32.2. The Balaban J connectivity index is 1.84. The van der Waals surface area contributed by atoms with Gasteiger partial charge in [0.1, 0.15) is 12.4 Å². The van der Waals surface area contributed by atoms with Crippen LogP contribution in [-0.4, -0.2) is 50.6 Å². The van der Waals surface area contributed by atoms with E-state index in [1.165, 1.54) is 10.6 Å². The third-order valence-electron chi connectivity index (χ3n) is 4.20. The van der Waals surface area contributed by atoms with Gasteiger partial charge in [0.2, 0.25) is 15.9 Å². The second-order valence-corrected chi connectivity index (χ2v) is 8.43. The predicted molar refractivity (Wildman–Crippen MR) is 93.4 cm³/mol. The number of hydrogen-bond acceptors (Lipinski definition) is 4. The van der Waals surface area contributed by atoms with Crippen molar-refractivity contribution >= 4 is 15.9 Å². The number of sulfonamides is 1. The maximum Gasteiger partial charge on any atom is 0.224 e. The van der Waals surface area contributed by atoms with Crippen molar-refractivity contribution in [2.75, 3.05) is 26.0 Å². The number of piperidine rings is 1. The summed E-state index contributed by atoms with van der Waals surface area (Å²) in [6.07, 6.45) is 2.61. The first kappa shape index (κ1) is 18.7. The van der Waals surface area contributed by atoms with Gasteiger partial charge in [0.05, 0.1) is 18.2 Å². The van der Waals surface area contributed by atoms with Crippen LogP contribution in [0, 0.1) is 12.8 Å². The predicted octanol–water partition coefficient (Wildman–Crippen LogP) is 1.55. The van der Waals surface area contributed by atoms with E-state index < -0.39 is 10.0 Å². The molecule has 24 heavy (non-hydrogen) atoms. The number of nitrogens with zero attached hydrogens (tertiary/aromatic N) is 1. The van der Waals surface area contributed by atoms with Gasteiger partial charge in [0.25, 0.3) is 0 Å². The molecule has 2 atom stereocenters. The van der Waals surface area contributed by atoms with E-state index in [9.17, 15) is 13.2 Å². The molecule has 1 saturated heterocycles. The van der Waals surface area contributed by atoms with E-state index >= 15 is 0 Å². The molecule has 2 rings (SSSR count). The fraction of sp³-hybridized carbons (Fsp3) is 0.588. The fourth-order valence-electron chi connectivity index (χ4n) is 2.79. The van der Waals surface area contributed by atoms with Gasteiger partial charge in [0, 0.05) is 13.1 Å². The average Bonchev–Trinajstić information content (AvgIpc) is 2.53. The van der Waals surface area contributed by atoms with Gasteiger partial charge in [-0.3, -0.25) is 4.79 Å². The van der Waals surface area contributed by atoms with Crippen molar-refractivity contribution in [2.45, 2.75) is 32.7 Å². The molecule has 0 unspecified atom stereocenters. The van der Waals surface area contributed by atoms with Crippen LogP contribution < -0.4 is 10.1 Å². The Morgan fingerprint density at radius 3 is 2.79 bits per heavy atom. The topological polar surface area (TPSA) is 75.7 Å². The molecule has 1 amide bonds. The van der Waals surface area contributed by atoms with E-state index in [1.54, 1.807) is 0 Å². The minimum atomic E-state index is -3.24. The summed E-state index contributed by atoms with van der Waals surface area (Å²) in [5.41, 5.74) is 1.05. The maximum atomic E-state index is 12.4. The molecular weight excluding hydrogens is 328 g/mol. The highest BCUT2D eigenvalue weighted by Gasteiger charge is 2.30. The van der Waals surface area contributed by atoms with Gasteiger partial charge in [-0.05, 0) is 38.3 Å². The van der Waals surface area contributed by atoms with Crippen molar-refractivity contribution in [3.8, 4) is 5.75 Å². The van der Waals surface area contributed by atoms with E-state index in [-0.39, 0.29) is 24.4 Å². The molecule has 1 aromatic rings. The molecule has 7 heteroatoms. The Morgan fingerprint density at radius 2 is 2.12 bits per heavy atom. The second kappa shape index (κ2) is 7.98. The van der Waals surface area contributed by atoms with Crippen LogP contribution in [-0.2, 0) is 14.8 Å². The van der Waals surface area contributed by atoms with Crippen molar-refractivity contribution in [3.63, 3.8) is 0 Å². The van der Waals surface area contributed by atoms with Crippen molar-refractivity contribution in [1.82, 2.24) is 9.62 Å². The average molecular weight is 354 g/mol. The van der Waals surface area contributed by atoms with Crippen LogP contribution in [0.25, 0.3) is 0 Å². The van der Waals surface area contributed by atoms with E-state index in [2.05, 4.69) is 5.32 Å². The number of aryl methyl sites for hydroxylation is 1. The summed E-state index contributed by atoms with van der Waals surface area (Å²) in [5, 5.41) is 2.93. The van der Waals surface area contributed by atoms with Crippen molar-refractivity contribution < 1.29 is 17.9 Å². The van der Waals surface area contributed by atoms with Crippen LogP contribution in [0.5, 0.6) is 5.75 Å². The molecule has 0 aromatic heterocycles. The number of amides is 1. The molecule has 1 heterocycles. The molecule has 134 valence electrons. The zero-order valence-electron chi connectivity index (χ0n) is 14.5. The number of nitrogens with one attached hydrogen (secondary N) is 1. The molecule has 1 aliphatic rings. The molecule has 1 fully saturated rings. The summed E-state index contributed by atoms with van der Waals surface area (Å²) in [5.74, 6) is 0.401. The Kier molecular flexibility index (Phi) is 6.23. The van der Waals surface area contributed by atoms with Crippen LogP contribution in [0.15, 0.2) is 24.3 Å². The first-order valence-corrected chi connectivity index (χ1v) is 10.1. The third-order valence-corrected chi connectivity index (χ3v) is 5.46. The van der Waals surface area contributed by atoms with Gasteiger partial charge in [-0.1, -0.05) is 18.2 Å². The van der Waals surface area contributed by atoms with Crippen molar-refractivity contribution in [3.05, 3.63) is 29.8 Å². The Bertz CT molecular complexity index is 675. The lowest BCUT2D eigenvalue weighted by Gasteiger charge is -2.30. The lowest BCUT2D eigenvalue weighted by Crippen LogP contribution is -2.47. The van der Waals surface area contributed by atoms with E-state index in [4.69, 9.17) is 4.74 Å². The monoisotopic (exact) mass is 354 g/mol. The van der Waals surface area contributed by atoms with Gasteiger partial charge < -0.3 is 10.1 Å². The number of benzene rings is 1. The zero-order chi connectivity index (χ0) is 17.7. The molecular formula is C17H26N2O4S. The van der Waals surface area contributed by atoms with E-state index in [0.29, 0.717) is 26.0 Å². The Labute approximate surface area is 144 Å². The summed E-state index contributed by atoms with van der Waals surface area (Å²) in [4.78, 5) is 12.4. The van der Waals surface area contributed by atoms with Crippen LogP contribution >= 0.6 is 0 Å². The first-order valence-electron chi connectivity index (χ1n) is 8.21. The summed E-state index contributed by atoms with van der Waals surface area (Å²) in [6.45, 7) is 4.98. The van der Waals surface area contributed by atoms with Gasteiger partial charge in [0.15, 0.2) is 0 Å². The van der Waals surface area contributed by atoms with Gasteiger partial charge >= 0.3 is 0 Å². The Hall–Kier alpha value is -1.60. The minimum absolute atomic E-state index is 0.107. The molecule has 1 N–H and O–H groups in total. The van der Waals surface area contributed by atoms with E-state index in [1.807, 2.05) is 38.1 Å². The normalized spacial score (nSPS) is 20.4. The molecule has 6 nitrogen and oxygen atoms in total. The lowest BCUT2D eigenvalue weighted by molar-refractivity contribution is -0.126. The molecule has 1 aliphatic heterocycles. The SMILES string of the molecule is Cc1ccccc1OC[C@@H](C)NC(=O)[C@@H]1CCCN(S(C)(=O)=O)C1. The summed E-state index contributed by atoms with van der Waals surface area (Å²) in [7, 11) is -3.24. The van der Waals surface area contributed by atoms with Gasteiger partial charge in [-0.15, -0.1) is 0 Å². The van der Waals surface area contributed by atoms with Crippen LogP contribution in [0.4, 0.5) is 0 Å². The highest BCUT2D eigenvalue weighted by Crippen LogP contribution is 2.19. The maximum absolute atomic E-state index is 12.4. The lowest BCUT2D eigenvalue weighted by atomic mass is 9.98. The van der Waals surface area contributed by atoms with Crippen LogP contribution in [0.1, 0.15) is 25.3 Å². The van der Waals surface area contributed by atoms with Crippen molar-refractivity contribution in [1.29, 1.82) is 0 Å². The molecule has 0 radical (unpaired) electrons. The molecule has 1 aromatic carbocycles. The zero-order valence-corrected chi connectivity index (χ0v) is 15.3. The molecule has 0 saturated carbocycles. The molecule has 0 spiro atoms. The fourth-order valence-corrected chi connectivity index (χ4v) is 3.70. The largest absolute Gasteiger partial charge is 0.491 e. The number of carbonyl (C=O) groups is 1. The molecule has 0 bridgehead atoms. The van der Waals surface area contributed by atoms with Gasteiger partial charge in [-0.25, -0.2) is 12.7 Å². The van der Waals surface area contributed by atoms with Crippen LogP contribution in [0.2, 0.25) is 0 Å². The number of hydrogen-bond donors (Lipinski definition) is 1. The minimum Gasteiger partial charge on any atom is -0.491 e. The number of ether oxygens (including phenoxy) is 1. The standard InChI is InChI=1S/C17H26N2O4S/c1-13-7-4-5-9-16(13)23-12-14(2)18-17(20)15-8-6-10-19(11-15)24(3,21)22/h4-5,7,9,14-15H,6,8,10-12H2,1-3H3,(H,18,20)/t14-,15-/m1/s1. The highest BCUT2D eigenvalue weighted by molar-refractivity contribution is 7.88. The number of rotatable bonds is 6. The smallest absolute Gasteiger partial charge is 0.224 e. The second-order valence-electron chi connectivity index (χ2n) is 6.45. The third kappa shape index (κ3) is 5.21. The summed E-state index contributed by atoms with van der Waals surface area (Å²) >= 11 is 0. The summed E-state index contributed by atoms with van der Waals surface area (Å²) in [6, 6.07) is 7.58. The van der Waals surface area contributed by atoms with Crippen molar-refractivity contribution in [2.24, 2.45) is 5.92 Å². The van der Waals surface area contributed by atoms with Crippen LogP contribution in [0.3, 0.4) is 0 Å². The number of carbonyl (C=O) groups excluding carboxylic acids is 1. The summed E-state index contributed by atoms with van der Waals surface area (Å²) < 4.78 is 30.4. The quantitative estimate of drug-likeness (QED) is 0.841. The van der Waals surface area contributed by atoms with Gasteiger partial charge in [-0.2, -0.15) is 0 Å². The number of para-hydroxylation sites is 1. The van der Waals surface area contributed by atoms with E-state index in [0.717, 1.165) is 11.3 Å². The first-order chi connectivity index (χ1) is 11.3. The Morgan fingerprint density at radius 1 is 1.42 bits per heavy atom.